The molecule has 2 amide bonds. The molecule has 0 spiro atoms. The van der Waals surface area contributed by atoms with Gasteiger partial charge in [-0.1, -0.05) is 22.9 Å². The SMILES string of the molecule is COc1cc(Br)cc(C)c1NC(=O)N1CC[C@H](C)C1. The van der Waals surface area contributed by atoms with Gasteiger partial charge < -0.3 is 15.0 Å². The Morgan fingerprint density at radius 2 is 2.26 bits per heavy atom. The Balaban J connectivity index is 2.16. The minimum absolute atomic E-state index is 0.0481. The van der Waals surface area contributed by atoms with Crippen LogP contribution in [0.5, 0.6) is 5.75 Å². The van der Waals surface area contributed by atoms with Crippen LogP contribution in [0.1, 0.15) is 18.9 Å². The summed E-state index contributed by atoms with van der Waals surface area (Å²) in [4.78, 5) is 14.1. The standard InChI is InChI=1S/C14H19BrN2O2/c1-9-4-5-17(8-9)14(18)16-13-10(2)6-11(15)7-12(13)19-3/h6-7,9H,4-5,8H2,1-3H3,(H,16,18)/t9-/m0/s1. The van der Waals surface area contributed by atoms with Crippen LogP contribution >= 0.6 is 15.9 Å². The van der Waals surface area contributed by atoms with Gasteiger partial charge in [-0.25, -0.2) is 4.79 Å². The summed E-state index contributed by atoms with van der Waals surface area (Å²) in [7, 11) is 1.61. The number of carbonyl (C=O) groups is 1. The van der Waals surface area contributed by atoms with Gasteiger partial charge in [0.1, 0.15) is 5.75 Å². The number of carbonyl (C=O) groups excluding carboxylic acids is 1. The van der Waals surface area contributed by atoms with E-state index in [0.717, 1.165) is 35.2 Å². The number of rotatable bonds is 2. The molecule has 0 unspecified atom stereocenters. The molecule has 4 nitrogen and oxygen atoms in total. The van der Waals surface area contributed by atoms with Crippen molar-refractivity contribution >= 4 is 27.6 Å². The van der Waals surface area contributed by atoms with Crippen molar-refractivity contribution in [3.05, 3.63) is 22.2 Å². The Kier molecular flexibility index (Phi) is 4.34. The van der Waals surface area contributed by atoms with Crippen LogP contribution in [0.15, 0.2) is 16.6 Å². The molecule has 19 heavy (non-hydrogen) atoms. The highest BCUT2D eigenvalue weighted by Crippen LogP contribution is 2.32. The molecule has 0 aliphatic carbocycles. The third-order valence-corrected chi connectivity index (χ3v) is 3.88. The largest absolute Gasteiger partial charge is 0.495 e. The lowest BCUT2D eigenvalue weighted by atomic mass is 10.2. The molecule has 0 aromatic heterocycles. The number of halogens is 1. The second kappa shape index (κ2) is 5.82. The smallest absolute Gasteiger partial charge is 0.321 e. The number of benzene rings is 1. The number of nitrogens with zero attached hydrogens (tertiary/aromatic N) is 1. The first kappa shape index (κ1) is 14.2. The Morgan fingerprint density at radius 3 is 2.84 bits per heavy atom. The first-order valence-electron chi connectivity index (χ1n) is 6.41. The third kappa shape index (κ3) is 3.21. The van der Waals surface area contributed by atoms with E-state index in [4.69, 9.17) is 4.74 Å². The Labute approximate surface area is 122 Å². The van der Waals surface area contributed by atoms with Gasteiger partial charge in [0.05, 0.1) is 12.8 Å². The lowest BCUT2D eigenvalue weighted by Crippen LogP contribution is -2.33. The second-order valence-corrected chi connectivity index (χ2v) is 5.99. The topological polar surface area (TPSA) is 41.6 Å². The van der Waals surface area contributed by atoms with E-state index in [9.17, 15) is 4.79 Å². The first-order valence-corrected chi connectivity index (χ1v) is 7.20. The number of hydrogen-bond donors (Lipinski definition) is 1. The first-order chi connectivity index (χ1) is 9.01. The van der Waals surface area contributed by atoms with Crippen molar-refractivity contribution in [2.24, 2.45) is 5.92 Å². The highest BCUT2D eigenvalue weighted by atomic mass is 79.9. The summed E-state index contributed by atoms with van der Waals surface area (Å²) in [5, 5.41) is 2.96. The summed E-state index contributed by atoms with van der Waals surface area (Å²) in [6, 6.07) is 3.77. The quantitative estimate of drug-likeness (QED) is 0.901. The fourth-order valence-electron chi connectivity index (χ4n) is 2.34. The molecule has 1 saturated heterocycles. The van der Waals surface area contributed by atoms with E-state index in [1.165, 1.54) is 0 Å². The van der Waals surface area contributed by atoms with E-state index >= 15 is 0 Å². The molecule has 1 aromatic rings. The molecular formula is C14H19BrN2O2. The van der Waals surface area contributed by atoms with Crippen LogP contribution in [0.4, 0.5) is 10.5 Å². The van der Waals surface area contributed by atoms with Gasteiger partial charge in [0.2, 0.25) is 0 Å². The summed E-state index contributed by atoms with van der Waals surface area (Å²) >= 11 is 3.43. The summed E-state index contributed by atoms with van der Waals surface area (Å²) in [5.41, 5.74) is 1.72. The number of hydrogen-bond acceptors (Lipinski definition) is 2. The Hall–Kier alpha value is -1.23. The Morgan fingerprint density at radius 1 is 1.53 bits per heavy atom. The molecule has 1 atom stereocenters. The second-order valence-electron chi connectivity index (χ2n) is 5.07. The fourth-order valence-corrected chi connectivity index (χ4v) is 2.89. The van der Waals surface area contributed by atoms with E-state index in [1.807, 2.05) is 24.0 Å². The highest BCUT2D eigenvalue weighted by Gasteiger charge is 2.24. The maximum atomic E-state index is 12.2. The van der Waals surface area contributed by atoms with Crippen molar-refractivity contribution in [3.8, 4) is 5.75 Å². The van der Waals surface area contributed by atoms with Crippen molar-refractivity contribution in [2.45, 2.75) is 20.3 Å². The lowest BCUT2D eigenvalue weighted by molar-refractivity contribution is 0.221. The zero-order valence-corrected chi connectivity index (χ0v) is 13.1. The van der Waals surface area contributed by atoms with E-state index < -0.39 is 0 Å². The number of anilines is 1. The molecule has 0 radical (unpaired) electrons. The molecule has 104 valence electrons. The van der Waals surface area contributed by atoms with Gasteiger partial charge in [-0.15, -0.1) is 0 Å². The van der Waals surface area contributed by atoms with E-state index in [-0.39, 0.29) is 6.03 Å². The molecule has 0 bridgehead atoms. The minimum atomic E-state index is -0.0481. The number of methoxy groups -OCH3 is 1. The molecule has 1 aromatic carbocycles. The van der Waals surface area contributed by atoms with Gasteiger partial charge in [-0.05, 0) is 37.0 Å². The van der Waals surface area contributed by atoms with Crippen LogP contribution in [0.3, 0.4) is 0 Å². The van der Waals surface area contributed by atoms with E-state index in [2.05, 4.69) is 28.2 Å². The molecular weight excluding hydrogens is 308 g/mol. The van der Waals surface area contributed by atoms with Crippen molar-refractivity contribution in [1.82, 2.24) is 4.90 Å². The van der Waals surface area contributed by atoms with Gasteiger partial charge in [0.25, 0.3) is 0 Å². The van der Waals surface area contributed by atoms with Crippen LogP contribution in [0, 0.1) is 12.8 Å². The van der Waals surface area contributed by atoms with Gasteiger partial charge in [0.15, 0.2) is 0 Å². The van der Waals surface area contributed by atoms with Crippen LogP contribution in [0.25, 0.3) is 0 Å². The van der Waals surface area contributed by atoms with Crippen molar-refractivity contribution in [2.75, 3.05) is 25.5 Å². The average Bonchev–Trinajstić information content (AvgIpc) is 2.78. The maximum Gasteiger partial charge on any atom is 0.321 e. The molecule has 0 saturated carbocycles. The molecule has 1 N–H and O–H groups in total. The number of nitrogens with one attached hydrogen (secondary N) is 1. The van der Waals surface area contributed by atoms with Gasteiger partial charge in [-0.2, -0.15) is 0 Å². The normalized spacial score (nSPS) is 18.5. The lowest BCUT2D eigenvalue weighted by Gasteiger charge is -2.19. The number of ether oxygens (including phenoxy) is 1. The number of aryl methyl sites for hydroxylation is 1. The summed E-state index contributed by atoms with van der Waals surface area (Å²) in [5.74, 6) is 1.26. The van der Waals surface area contributed by atoms with Gasteiger partial charge in [-0.3, -0.25) is 0 Å². The zero-order valence-electron chi connectivity index (χ0n) is 11.5. The van der Waals surface area contributed by atoms with E-state index in [0.29, 0.717) is 11.7 Å². The zero-order chi connectivity index (χ0) is 14.0. The third-order valence-electron chi connectivity index (χ3n) is 3.43. The maximum absolute atomic E-state index is 12.2. The molecule has 2 rings (SSSR count). The van der Waals surface area contributed by atoms with Gasteiger partial charge >= 0.3 is 6.03 Å². The summed E-state index contributed by atoms with van der Waals surface area (Å²) in [6.45, 7) is 5.77. The van der Waals surface area contributed by atoms with Gasteiger partial charge in [0, 0.05) is 17.6 Å². The van der Waals surface area contributed by atoms with E-state index in [1.54, 1.807) is 7.11 Å². The van der Waals surface area contributed by atoms with Crippen LogP contribution in [-0.2, 0) is 0 Å². The summed E-state index contributed by atoms with van der Waals surface area (Å²) in [6.07, 6.45) is 1.07. The number of amides is 2. The van der Waals surface area contributed by atoms with Crippen LogP contribution < -0.4 is 10.1 Å². The molecule has 1 aliphatic rings. The number of urea groups is 1. The molecule has 1 fully saturated rings. The molecule has 1 heterocycles. The average molecular weight is 327 g/mol. The monoisotopic (exact) mass is 326 g/mol. The number of likely N-dealkylation sites (tertiary alicyclic amines) is 1. The minimum Gasteiger partial charge on any atom is -0.495 e. The Bertz CT molecular complexity index is 491. The molecule has 1 aliphatic heterocycles. The highest BCUT2D eigenvalue weighted by molar-refractivity contribution is 9.10. The summed E-state index contributed by atoms with van der Waals surface area (Å²) < 4.78 is 6.27. The predicted molar refractivity (Wildman–Crippen MR) is 79.8 cm³/mol. The molecule has 5 heteroatoms. The van der Waals surface area contributed by atoms with Crippen LogP contribution in [-0.4, -0.2) is 31.1 Å². The van der Waals surface area contributed by atoms with Crippen molar-refractivity contribution in [3.63, 3.8) is 0 Å². The van der Waals surface area contributed by atoms with Crippen molar-refractivity contribution < 1.29 is 9.53 Å². The predicted octanol–water partition coefficient (Wildman–Crippen LogP) is 3.64. The van der Waals surface area contributed by atoms with Crippen LogP contribution in [0.2, 0.25) is 0 Å². The van der Waals surface area contributed by atoms with Crippen molar-refractivity contribution in [1.29, 1.82) is 0 Å². The fraction of sp³-hybridized carbons (Fsp3) is 0.500.